The summed E-state index contributed by atoms with van der Waals surface area (Å²) < 4.78 is 0. The maximum absolute atomic E-state index is 11.4. The molecule has 0 aliphatic rings. The zero-order chi connectivity index (χ0) is 12.0. The van der Waals surface area contributed by atoms with Gasteiger partial charge in [0.25, 0.3) is 0 Å². The molecule has 0 radical (unpaired) electrons. The molecule has 15 heavy (non-hydrogen) atoms. The van der Waals surface area contributed by atoms with E-state index in [1.807, 2.05) is 25.9 Å². The van der Waals surface area contributed by atoms with Crippen molar-refractivity contribution in [3.8, 4) is 0 Å². The van der Waals surface area contributed by atoms with Crippen molar-refractivity contribution in [2.24, 2.45) is 11.5 Å². The average Bonchev–Trinajstić information content (AvgIpc) is 2.00. The van der Waals surface area contributed by atoms with E-state index in [0.717, 1.165) is 6.54 Å². The Balaban J connectivity index is 3.95. The second-order valence-electron chi connectivity index (χ2n) is 3.95. The predicted octanol–water partition coefficient (Wildman–Crippen LogP) is -1.74. The Bertz CT molecular complexity index is 230. The van der Waals surface area contributed by atoms with Crippen LogP contribution in [0.3, 0.4) is 0 Å². The molecular weight excluding hydrogens is 196 g/mol. The number of carbonyl (C=O) groups excluding carboxylic acids is 2. The fourth-order valence-corrected chi connectivity index (χ4v) is 1.25. The first-order valence-electron chi connectivity index (χ1n) is 4.82. The summed E-state index contributed by atoms with van der Waals surface area (Å²) in [6, 6.07) is -0.862. The maximum Gasteiger partial charge on any atom is 0.237 e. The summed E-state index contributed by atoms with van der Waals surface area (Å²) in [6.07, 6.45) is -0.124. The molecule has 0 fully saturated rings. The van der Waals surface area contributed by atoms with Crippen LogP contribution in [0.5, 0.6) is 0 Å². The van der Waals surface area contributed by atoms with Crippen molar-refractivity contribution in [3.05, 3.63) is 0 Å². The molecule has 0 aromatic carbocycles. The van der Waals surface area contributed by atoms with Gasteiger partial charge in [0.2, 0.25) is 11.8 Å². The van der Waals surface area contributed by atoms with Crippen LogP contribution >= 0.6 is 0 Å². The van der Waals surface area contributed by atoms with Crippen molar-refractivity contribution in [1.29, 1.82) is 0 Å². The predicted molar refractivity (Wildman–Crippen MR) is 57.9 cm³/mol. The Morgan fingerprint density at radius 2 is 1.93 bits per heavy atom. The fourth-order valence-electron chi connectivity index (χ4n) is 1.25. The van der Waals surface area contributed by atoms with Crippen LogP contribution in [-0.4, -0.2) is 49.4 Å². The molecule has 88 valence electrons. The van der Waals surface area contributed by atoms with Crippen LogP contribution in [0.25, 0.3) is 0 Å². The zero-order valence-electron chi connectivity index (χ0n) is 9.49. The van der Waals surface area contributed by atoms with Crippen LogP contribution in [-0.2, 0) is 9.59 Å². The van der Waals surface area contributed by atoms with Crippen molar-refractivity contribution >= 4 is 11.8 Å². The van der Waals surface area contributed by atoms with Crippen LogP contribution in [0, 0.1) is 0 Å². The van der Waals surface area contributed by atoms with E-state index < -0.39 is 11.9 Å². The number of nitrogens with zero attached hydrogens (tertiary/aromatic N) is 1. The van der Waals surface area contributed by atoms with Crippen LogP contribution in [0.1, 0.15) is 13.3 Å². The Morgan fingerprint density at radius 3 is 2.33 bits per heavy atom. The van der Waals surface area contributed by atoms with Gasteiger partial charge in [0.05, 0.1) is 12.5 Å². The lowest BCUT2D eigenvalue weighted by molar-refractivity contribution is -0.126. The first kappa shape index (κ1) is 13.9. The molecule has 0 bridgehead atoms. The summed E-state index contributed by atoms with van der Waals surface area (Å²) in [5.41, 5.74) is 10.4. The topological polar surface area (TPSA) is 101 Å². The number of nitrogens with one attached hydrogen (secondary N) is 1. The third-order valence-corrected chi connectivity index (χ3v) is 1.79. The normalized spacial score (nSPS) is 14.7. The van der Waals surface area contributed by atoms with E-state index in [9.17, 15) is 9.59 Å². The highest BCUT2D eigenvalue weighted by molar-refractivity contribution is 5.87. The van der Waals surface area contributed by atoms with Gasteiger partial charge in [-0.1, -0.05) is 0 Å². The van der Waals surface area contributed by atoms with Crippen LogP contribution in [0.4, 0.5) is 0 Å². The van der Waals surface area contributed by atoms with Gasteiger partial charge in [0, 0.05) is 12.6 Å². The standard InChI is InChI=1S/C9H20N4O2/c1-6(5-13(2)3)12-9(15)7(10)4-8(11)14/h6-7H,4-5,10H2,1-3H3,(H2,11,14)(H,12,15). The molecule has 0 aliphatic heterocycles. The zero-order valence-corrected chi connectivity index (χ0v) is 9.49. The van der Waals surface area contributed by atoms with Gasteiger partial charge in [-0.25, -0.2) is 0 Å². The number of amides is 2. The lowest BCUT2D eigenvalue weighted by atomic mass is 10.2. The van der Waals surface area contributed by atoms with E-state index in [-0.39, 0.29) is 18.4 Å². The lowest BCUT2D eigenvalue weighted by Crippen LogP contribution is -2.48. The van der Waals surface area contributed by atoms with Gasteiger partial charge in [-0.2, -0.15) is 0 Å². The molecule has 0 heterocycles. The van der Waals surface area contributed by atoms with Crippen molar-refractivity contribution in [1.82, 2.24) is 10.2 Å². The highest BCUT2D eigenvalue weighted by Crippen LogP contribution is 1.90. The summed E-state index contributed by atoms with van der Waals surface area (Å²) in [7, 11) is 3.82. The number of rotatable bonds is 6. The van der Waals surface area contributed by atoms with Crippen LogP contribution in [0.2, 0.25) is 0 Å². The van der Waals surface area contributed by atoms with Crippen molar-refractivity contribution in [3.63, 3.8) is 0 Å². The lowest BCUT2D eigenvalue weighted by Gasteiger charge is -2.20. The molecule has 0 rings (SSSR count). The van der Waals surface area contributed by atoms with E-state index in [1.165, 1.54) is 0 Å². The van der Waals surface area contributed by atoms with E-state index in [1.54, 1.807) is 0 Å². The molecule has 6 nitrogen and oxygen atoms in total. The molecule has 0 saturated heterocycles. The Morgan fingerprint density at radius 1 is 1.40 bits per heavy atom. The quantitative estimate of drug-likeness (QED) is 0.490. The first-order valence-corrected chi connectivity index (χ1v) is 4.82. The molecular formula is C9H20N4O2. The van der Waals surface area contributed by atoms with Gasteiger partial charge in [-0.05, 0) is 21.0 Å². The summed E-state index contributed by atoms with van der Waals surface area (Å²) >= 11 is 0. The van der Waals surface area contributed by atoms with Gasteiger partial charge in [0.1, 0.15) is 0 Å². The monoisotopic (exact) mass is 216 g/mol. The first-order chi connectivity index (χ1) is 6.82. The minimum absolute atomic E-state index is 0.00794. The molecule has 2 amide bonds. The molecule has 0 aromatic rings. The third kappa shape index (κ3) is 6.87. The summed E-state index contributed by atoms with van der Waals surface area (Å²) in [5.74, 6) is -0.916. The molecule has 5 N–H and O–H groups in total. The van der Waals surface area contributed by atoms with E-state index in [0.29, 0.717) is 0 Å². The minimum atomic E-state index is -0.855. The van der Waals surface area contributed by atoms with Gasteiger partial charge in [-0.3, -0.25) is 9.59 Å². The second-order valence-corrected chi connectivity index (χ2v) is 3.95. The molecule has 2 atom stereocenters. The van der Waals surface area contributed by atoms with E-state index >= 15 is 0 Å². The molecule has 0 aromatic heterocycles. The molecule has 6 heteroatoms. The molecule has 0 saturated carbocycles. The number of hydrogen-bond donors (Lipinski definition) is 3. The van der Waals surface area contributed by atoms with Gasteiger partial charge in [-0.15, -0.1) is 0 Å². The Labute approximate surface area is 90.0 Å². The number of primary amides is 1. The maximum atomic E-state index is 11.4. The van der Waals surface area contributed by atoms with Crippen LogP contribution in [0.15, 0.2) is 0 Å². The smallest absolute Gasteiger partial charge is 0.237 e. The molecule has 2 unspecified atom stereocenters. The van der Waals surface area contributed by atoms with Gasteiger partial charge >= 0.3 is 0 Å². The summed E-state index contributed by atoms with van der Waals surface area (Å²) in [4.78, 5) is 23.9. The summed E-state index contributed by atoms with van der Waals surface area (Å²) in [6.45, 7) is 2.59. The summed E-state index contributed by atoms with van der Waals surface area (Å²) in [5, 5.41) is 2.70. The van der Waals surface area contributed by atoms with Gasteiger partial charge in [0.15, 0.2) is 0 Å². The van der Waals surface area contributed by atoms with E-state index in [4.69, 9.17) is 11.5 Å². The molecule has 0 spiro atoms. The number of hydrogen-bond acceptors (Lipinski definition) is 4. The van der Waals surface area contributed by atoms with Crippen molar-refractivity contribution < 1.29 is 9.59 Å². The fraction of sp³-hybridized carbons (Fsp3) is 0.778. The average molecular weight is 216 g/mol. The SMILES string of the molecule is CC(CN(C)C)NC(=O)C(N)CC(N)=O. The largest absolute Gasteiger partial charge is 0.370 e. The number of likely N-dealkylation sites (N-methyl/N-ethyl adjacent to an activating group) is 1. The Hall–Kier alpha value is -1.14. The number of carbonyl (C=O) groups is 2. The number of nitrogens with two attached hydrogens (primary N) is 2. The second kappa shape index (κ2) is 6.36. The van der Waals surface area contributed by atoms with Crippen molar-refractivity contribution in [2.75, 3.05) is 20.6 Å². The van der Waals surface area contributed by atoms with Gasteiger partial charge < -0.3 is 21.7 Å². The highest BCUT2D eigenvalue weighted by Gasteiger charge is 2.17. The Kier molecular flexibility index (Phi) is 5.88. The minimum Gasteiger partial charge on any atom is -0.370 e. The molecule has 0 aliphatic carbocycles. The van der Waals surface area contributed by atoms with Crippen LogP contribution < -0.4 is 16.8 Å². The van der Waals surface area contributed by atoms with E-state index in [2.05, 4.69) is 5.32 Å². The highest BCUT2D eigenvalue weighted by atomic mass is 16.2. The van der Waals surface area contributed by atoms with Crippen molar-refractivity contribution in [2.45, 2.75) is 25.4 Å². The third-order valence-electron chi connectivity index (χ3n) is 1.79.